The van der Waals surface area contributed by atoms with Gasteiger partial charge in [-0.05, 0) is 30.7 Å². The highest BCUT2D eigenvalue weighted by atomic mass is 32.2. The predicted octanol–water partition coefficient (Wildman–Crippen LogP) is 4.18. The van der Waals surface area contributed by atoms with Gasteiger partial charge in [-0.15, -0.1) is 24.9 Å². The molecule has 1 rings (SSSR count). The van der Waals surface area contributed by atoms with E-state index in [0.717, 1.165) is 6.42 Å². The van der Waals surface area contributed by atoms with Gasteiger partial charge in [0, 0.05) is 10.6 Å². The van der Waals surface area contributed by atoms with E-state index in [0.29, 0.717) is 17.1 Å². The summed E-state index contributed by atoms with van der Waals surface area (Å²) in [6.45, 7) is 1.91. The maximum Gasteiger partial charge on any atom is 0.573 e. The summed E-state index contributed by atoms with van der Waals surface area (Å²) in [5.41, 5.74) is 0. The molecule has 0 aliphatic heterocycles. The molecule has 1 unspecified atom stereocenters. The van der Waals surface area contributed by atoms with Crippen LogP contribution in [0.1, 0.15) is 19.8 Å². The van der Waals surface area contributed by atoms with Crippen molar-refractivity contribution < 1.29 is 27.8 Å². The van der Waals surface area contributed by atoms with E-state index in [-0.39, 0.29) is 5.75 Å². The van der Waals surface area contributed by atoms with E-state index in [9.17, 15) is 18.0 Å². The van der Waals surface area contributed by atoms with Gasteiger partial charge in [0.05, 0.1) is 5.92 Å². The summed E-state index contributed by atoms with van der Waals surface area (Å²) in [6.07, 6.45) is -3.35. The third-order valence-electron chi connectivity index (χ3n) is 2.49. The predicted molar refractivity (Wildman–Crippen MR) is 69.9 cm³/mol. The number of hydrogen-bond acceptors (Lipinski definition) is 3. The molecule has 0 aromatic heterocycles. The molecule has 0 bridgehead atoms. The largest absolute Gasteiger partial charge is 0.573 e. The summed E-state index contributed by atoms with van der Waals surface area (Å²) in [5, 5.41) is 9.00. The van der Waals surface area contributed by atoms with Crippen molar-refractivity contribution in [1.82, 2.24) is 0 Å². The van der Waals surface area contributed by atoms with Crippen LogP contribution in [-0.2, 0) is 4.79 Å². The third kappa shape index (κ3) is 6.18. The average molecular weight is 308 g/mol. The highest BCUT2D eigenvalue weighted by Gasteiger charge is 2.30. The number of aliphatic carboxylic acids is 1. The molecule has 3 nitrogen and oxygen atoms in total. The summed E-state index contributed by atoms with van der Waals surface area (Å²) in [6, 6.07) is 5.39. The van der Waals surface area contributed by atoms with Crippen molar-refractivity contribution in [3.8, 4) is 5.75 Å². The molecule has 1 N–H and O–H groups in total. The first-order valence-electron chi connectivity index (χ1n) is 6.03. The number of thioether (sulfide) groups is 1. The Hall–Kier alpha value is -1.37. The van der Waals surface area contributed by atoms with Crippen LogP contribution >= 0.6 is 11.8 Å². The lowest BCUT2D eigenvalue weighted by Crippen LogP contribution is -2.17. The first-order valence-corrected chi connectivity index (χ1v) is 7.01. The fourth-order valence-electron chi connectivity index (χ4n) is 1.56. The van der Waals surface area contributed by atoms with Crippen LogP contribution in [0.4, 0.5) is 13.2 Å². The lowest BCUT2D eigenvalue weighted by atomic mass is 10.1. The molecule has 7 heteroatoms. The normalized spacial score (nSPS) is 13.0. The van der Waals surface area contributed by atoms with Gasteiger partial charge in [-0.25, -0.2) is 0 Å². The molecule has 0 aliphatic carbocycles. The first-order chi connectivity index (χ1) is 9.31. The van der Waals surface area contributed by atoms with Crippen LogP contribution in [-0.4, -0.2) is 23.2 Å². The molecule has 1 aromatic carbocycles. The zero-order valence-electron chi connectivity index (χ0n) is 10.8. The van der Waals surface area contributed by atoms with Gasteiger partial charge in [-0.3, -0.25) is 4.79 Å². The molecule has 1 aromatic rings. The highest BCUT2D eigenvalue weighted by molar-refractivity contribution is 7.99. The van der Waals surface area contributed by atoms with Crippen molar-refractivity contribution >= 4 is 17.7 Å². The standard InChI is InChI=1S/C13H15F3O3S/c1-2-3-9(12(17)18)8-20-11-6-4-10(5-7-11)19-13(14,15)16/h4-7,9H,2-3,8H2,1H3,(H,17,18). The minimum absolute atomic E-state index is 0.287. The van der Waals surface area contributed by atoms with E-state index in [1.165, 1.54) is 36.0 Å². The van der Waals surface area contributed by atoms with Crippen molar-refractivity contribution in [2.24, 2.45) is 5.92 Å². The second-order valence-electron chi connectivity index (χ2n) is 4.15. The molecule has 0 saturated heterocycles. The molecule has 0 radical (unpaired) electrons. The molecule has 0 saturated carbocycles. The summed E-state index contributed by atoms with van der Waals surface area (Å²) >= 11 is 1.31. The number of rotatable bonds is 7. The van der Waals surface area contributed by atoms with E-state index in [1.807, 2.05) is 6.92 Å². The number of carbonyl (C=O) groups is 1. The summed E-state index contributed by atoms with van der Waals surface area (Å²) in [7, 11) is 0. The van der Waals surface area contributed by atoms with Crippen LogP contribution in [0.5, 0.6) is 5.75 Å². The van der Waals surface area contributed by atoms with E-state index < -0.39 is 18.2 Å². The van der Waals surface area contributed by atoms with Crippen molar-refractivity contribution in [2.45, 2.75) is 31.0 Å². The monoisotopic (exact) mass is 308 g/mol. The van der Waals surface area contributed by atoms with Crippen molar-refractivity contribution in [3.05, 3.63) is 24.3 Å². The van der Waals surface area contributed by atoms with Crippen LogP contribution in [0.3, 0.4) is 0 Å². The van der Waals surface area contributed by atoms with Crippen LogP contribution < -0.4 is 4.74 Å². The van der Waals surface area contributed by atoms with Gasteiger partial charge in [0.15, 0.2) is 0 Å². The number of halogens is 3. The second-order valence-corrected chi connectivity index (χ2v) is 5.25. The van der Waals surface area contributed by atoms with Crippen LogP contribution in [0.2, 0.25) is 0 Å². The fraction of sp³-hybridized carbons (Fsp3) is 0.462. The quantitative estimate of drug-likeness (QED) is 0.768. The Balaban J connectivity index is 2.55. The average Bonchev–Trinajstić information content (AvgIpc) is 2.34. The van der Waals surface area contributed by atoms with Crippen molar-refractivity contribution in [1.29, 1.82) is 0 Å². The molecular formula is C13H15F3O3S. The van der Waals surface area contributed by atoms with Gasteiger partial charge in [0.25, 0.3) is 0 Å². The lowest BCUT2D eigenvalue weighted by Gasteiger charge is -2.11. The Morgan fingerprint density at radius 2 is 1.95 bits per heavy atom. The van der Waals surface area contributed by atoms with E-state index in [2.05, 4.69) is 4.74 Å². The summed E-state index contributed by atoms with van der Waals surface area (Å²) in [5.74, 6) is -1.19. The SMILES string of the molecule is CCCC(CSc1ccc(OC(F)(F)F)cc1)C(=O)O. The van der Waals surface area contributed by atoms with Crippen LogP contribution in [0.25, 0.3) is 0 Å². The van der Waals surface area contributed by atoms with Gasteiger partial charge >= 0.3 is 12.3 Å². The maximum absolute atomic E-state index is 12.0. The van der Waals surface area contributed by atoms with E-state index in [4.69, 9.17) is 5.11 Å². The van der Waals surface area contributed by atoms with Crippen LogP contribution in [0, 0.1) is 5.92 Å². The Morgan fingerprint density at radius 3 is 2.40 bits per heavy atom. The topological polar surface area (TPSA) is 46.5 Å². The molecule has 0 heterocycles. The highest BCUT2D eigenvalue weighted by Crippen LogP contribution is 2.27. The zero-order chi connectivity index (χ0) is 15.2. The second kappa shape index (κ2) is 7.42. The Bertz CT molecular complexity index is 431. The van der Waals surface area contributed by atoms with Crippen molar-refractivity contribution in [2.75, 3.05) is 5.75 Å². The summed E-state index contributed by atoms with van der Waals surface area (Å²) < 4.78 is 39.7. The molecule has 1 atom stereocenters. The third-order valence-corrected chi connectivity index (χ3v) is 3.67. The van der Waals surface area contributed by atoms with E-state index >= 15 is 0 Å². The molecule has 0 aliphatic rings. The fourth-order valence-corrected chi connectivity index (χ4v) is 2.59. The lowest BCUT2D eigenvalue weighted by molar-refractivity contribution is -0.274. The van der Waals surface area contributed by atoms with Gasteiger partial charge < -0.3 is 9.84 Å². The molecule has 0 spiro atoms. The Labute approximate surface area is 119 Å². The first kappa shape index (κ1) is 16.7. The van der Waals surface area contributed by atoms with Gasteiger partial charge in [-0.2, -0.15) is 0 Å². The molecule has 20 heavy (non-hydrogen) atoms. The number of benzene rings is 1. The smallest absolute Gasteiger partial charge is 0.481 e. The van der Waals surface area contributed by atoms with Crippen molar-refractivity contribution in [3.63, 3.8) is 0 Å². The minimum Gasteiger partial charge on any atom is -0.481 e. The molecule has 0 fully saturated rings. The number of carboxylic acids is 1. The zero-order valence-corrected chi connectivity index (χ0v) is 11.6. The Morgan fingerprint density at radius 1 is 1.35 bits per heavy atom. The minimum atomic E-state index is -4.70. The Kier molecular flexibility index (Phi) is 6.19. The number of hydrogen-bond donors (Lipinski definition) is 1. The van der Waals surface area contributed by atoms with Gasteiger partial charge in [0.1, 0.15) is 5.75 Å². The number of ether oxygens (including phenoxy) is 1. The van der Waals surface area contributed by atoms with Gasteiger partial charge in [-0.1, -0.05) is 13.3 Å². The molecule has 112 valence electrons. The van der Waals surface area contributed by atoms with E-state index in [1.54, 1.807) is 0 Å². The maximum atomic E-state index is 12.0. The molecular weight excluding hydrogens is 293 g/mol. The number of alkyl halides is 3. The number of carboxylic acid groups (broad SMARTS) is 1. The van der Waals surface area contributed by atoms with Gasteiger partial charge in [0.2, 0.25) is 0 Å². The van der Waals surface area contributed by atoms with Crippen LogP contribution in [0.15, 0.2) is 29.2 Å². The molecule has 0 amide bonds. The summed E-state index contributed by atoms with van der Waals surface area (Å²) in [4.78, 5) is 11.7.